The maximum absolute atomic E-state index is 10.6. The molecule has 0 saturated heterocycles. The lowest BCUT2D eigenvalue weighted by atomic mass is 10.2. The molecule has 0 aliphatic carbocycles. The minimum absolute atomic E-state index is 0.0771. The van der Waals surface area contributed by atoms with Crippen LogP contribution in [0.1, 0.15) is 11.1 Å². The van der Waals surface area contributed by atoms with Gasteiger partial charge in [-0.05, 0) is 39.7 Å². The van der Waals surface area contributed by atoms with Gasteiger partial charge in [0.2, 0.25) is 0 Å². The van der Waals surface area contributed by atoms with Crippen molar-refractivity contribution in [1.29, 1.82) is 5.26 Å². The van der Waals surface area contributed by atoms with Crippen molar-refractivity contribution in [2.75, 3.05) is 5.32 Å². The lowest BCUT2D eigenvalue weighted by Gasteiger charge is -2.08. The first kappa shape index (κ1) is 14.0. The molecule has 0 heterocycles. The van der Waals surface area contributed by atoms with E-state index in [0.29, 0.717) is 12.1 Å². The van der Waals surface area contributed by atoms with Gasteiger partial charge in [-0.3, -0.25) is 10.1 Å². The fourth-order valence-corrected chi connectivity index (χ4v) is 2.18. The molecule has 20 heavy (non-hydrogen) atoms. The Kier molecular flexibility index (Phi) is 4.33. The molecule has 0 aliphatic rings. The summed E-state index contributed by atoms with van der Waals surface area (Å²) in [4.78, 5) is 10.1. The number of rotatable bonds is 4. The van der Waals surface area contributed by atoms with Gasteiger partial charge in [-0.1, -0.05) is 12.1 Å². The van der Waals surface area contributed by atoms with Crippen molar-refractivity contribution in [3.8, 4) is 6.07 Å². The van der Waals surface area contributed by atoms with Gasteiger partial charge in [0.1, 0.15) is 0 Å². The van der Waals surface area contributed by atoms with E-state index < -0.39 is 4.92 Å². The summed E-state index contributed by atoms with van der Waals surface area (Å²) in [5.74, 6) is 0. The van der Waals surface area contributed by atoms with Crippen molar-refractivity contribution in [2.45, 2.75) is 6.54 Å². The highest BCUT2D eigenvalue weighted by molar-refractivity contribution is 9.10. The fraction of sp³-hybridized carbons (Fsp3) is 0.0714. The topological polar surface area (TPSA) is 79.0 Å². The molecule has 2 aromatic carbocycles. The first-order valence-corrected chi connectivity index (χ1v) is 6.56. The molecule has 1 N–H and O–H groups in total. The van der Waals surface area contributed by atoms with Gasteiger partial charge < -0.3 is 5.32 Å². The lowest BCUT2D eigenvalue weighted by Crippen LogP contribution is -2.00. The summed E-state index contributed by atoms with van der Waals surface area (Å²) in [7, 11) is 0. The number of nitrogens with one attached hydrogen (secondary N) is 1. The highest BCUT2D eigenvalue weighted by atomic mass is 79.9. The maximum atomic E-state index is 10.6. The molecular weight excluding hydrogens is 322 g/mol. The van der Waals surface area contributed by atoms with Crippen LogP contribution < -0.4 is 5.32 Å². The molecule has 2 rings (SSSR count). The van der Waals surface area contributed by atoms with Gasteiger partial charge in [0.25, 0.3) is 5.69 Å². The number of hydrogen-bond donors (Lipinski definition) is 1. The number of nitrogens with zero attached hydrogens (tertiary/aromatic N) is 2. The van der Waals surface area contributed by atoms with Gasteiger partial charge in [0.05, 0.1) is 16.6 Å². The van der Waals surface area contributed by atoms with Gasteiger partial charge in [0, 0.05) is 28.8 Å². The van der Waals surface area contributed by atoms with Gasteiger partial charge in [-0.2, -0.15) is 5.26 Å². The van der Waals surface area contributed by atoms with E-state index in [4.69, 9.17) is 5.26 Å². The Morgan fingerprint density at radius 2 is 1.95 bits per heavy atom. The summed E-state index contributed by atoms with van der Waals surface area (Å²) in [5.41, 5.74) is 2.46. The Morgan fingerprint density at radius 1 is 1.25 bits per heavy atom. The smallest absolute Gasteiger partial charge is 0.269 e. The van der Waals surface area contributed by atoms with Crippen LogP contribution in [0.15, 0.2) is 46.9 Å². The second kappa shape index (κ2) is 6.17. The van der Waals surface area contributed by atoms with Crippen molar-refractivity contribution in [3.63, 3.8) is 0 Å². The average Bonchev–Trinajstić information content (AvgIpc) is 2.46. The Balaban J connectivity index is 2.05. The summed E-state index contributed by atoms with van der Waals surface area (Å²) >= 11 is 3.39. The number of non-ortho nitro benzene ring substituents is 1. The van der Waals surface area contributed by atoms with Crippen molar-refractivity contribution < 1.29 is 4.92 Å². The largest absolute Gasteiger partial charge is 0.380 e. The van der Waals surface area contributed by atoms with E-state index in [-0.39, 0.29) is 5.69 Å². The van der Waals surface area contributed by atoms with Crippen molar-refractivity contribution in [2.24, 2.45) is 0 Å². The molecule has 6 heteroatoms. The molecule has 0 aromatic heterocycles. The zero-order chi connectivity index (χ0) is 14.5. The second-order valence-electron chi connectivity index (χ2n) is 4.08. The van der Waals surface area contributed by atoms with Crippen LogP contribution in [0.2, 0.25) is 0 Å². The zero-order valence-electron chi connectivity index (χ0n) is 10.3. The molecule has 0 amide bonds. The number of anilines is 1. The van der Waals surface area contributed by atoms with E-state index >= 15 is 0 Å². The molecular formula is C14H10BrN3O2. The first-order valence-electron chi connectivity index (χ1n) is 5.77. The third-order valence-corrected chi connectivity index (χ3v) is 3.38. The Morgan fingerprint density at radius 3 is 2.50 bits per heavy atom. The van der Waals surface area contributed by atoms with Gasteiger partial charge in [-0.25, -0.2) is 0 Å². The quantitative estimate of drug-likeness (QED) is 0.681. The molecule has 0 unspecified atom stereocenters. The normalized spacial score (nSPS) is 9.80. The summed E-state index contributed by atoms with van der Waals surface area (Å²) in [5, 5.41) is 22.5. The number of hydrogen-bond acceptors (Lipinski definition) is 4. The monoisotopic (exact) mass is 331 g/mol. The molecule has 0 aliphatic heterocycles. The van der Waals surface area contributed by atoms with Crippen molar-refractivity contribution in [3.05, 3.63) is 68.2 Å². The van der Waals surface area contributed by atoms with Gasteiger partial charge in [0.15, 0.2) is 0 Å². The number of nitro benzene ring substituents is 1. The van der Waals surface area contributed by atoms with E-state index in [1.807, 2.05) is 6.07 Å². The lowest BCUT2D eigenvalue weighted by molar-refractivity contribution is -0.384. The first-order chi connectivity index (χ1) is 9.60. The highest BCUT2D eigenvalue weighted by Crippen LogP contribution is 2.24. The van der Waals surface area contributed by atoms with Crippen LogP contribution in [0.3, 0.4) is 0 Å². The third kappa shape index (κ3) is 3.33. The summed E-state index contributed by atoms with van der Waals surface area (Å²) < 4.78 is 0.804. The molecule has 0 spiro atoms. The van der Waals surface area contributed by atoms with E-state index in [2.05, 4.69) is 27.3 Å². The predicted molar refractivity (Wildman–Crippen MR) is 79.3 cm³/mol. The molecule has 2 aromatic rings. The summed E-state index contributed by atoms with van der Waals surface area (Å²) in [6.45, 7) is 0.544. The highest BCUT2D eigenvalue weighted by Gasteiger charge is 2.05. The zero-order valence-corrected chi connectivity index (χ0v) is 11.9. The van der Waals surface area contributed by atoms with Crippen LogP contribution in [-0.2, 0) is 6.54 Å². The van der Waals surface area contributed by atoms with Gasteiger partial charge in [-0.15, -0.1) is 0 Å². The van der Waals surface area contributed by atoms with Crippen molar-refractivity contribution in [1.82, 2.24) is 0 Å². The number of nitro groups is 1. The Bertz CT molecular complexity index is 678. The maximum Gasteiger partial charge on any atom is 0.269 e. The number of benzene rings is 2. The Labute approximate surface area is 124 Å². The van der Waals surface area contributed by atoms with E-state index in [1.165, 1.54) is 12.1 Å². The fourth-order valence-electron chi connectivity index (χ4n) is 1.66. The van der Waals surface area contributed by atoms with E-state index in [1.54, 1.807) is 24.3 Å². The van der Waals surface area contributed by atoms with Crippen molar-refractivity contribution >= 4 is 27.3 Å². The number of nitriles is 1. The molecule has 0 atom stereocenters. The Hall–Kier alpha value is -2.39. The average molecular weight is 332 g/mol. The van der Waals surface area contributed by atoms with Crippen LogP contribution >= 0.6 is 15.9 Å². The van der Waals surface area contributed by atoms with Crippen LogP contribution in [0.5, 0.6) is 0 Å². The standard InChI is InChI=1S/C14H10BrN3O2/c15-13-7-11(8-16)3-6-14(13)17-9-10-1-4-12(5-2-10)18(19)20/h1-7,17H,9H2. The third-order valence-electron chi connectivity index (χ3n) is 2.73. The van der Waals surface area contributed by atoms with E-state index in [0.717, 1.165) is 15.7 Å². The van der Waals surface area contributed by atoms with Gasteiger partial charge >= 0.3 is 0 Å². The van der Waals surface area contributed by atoms with Crippen LogP contribution in [0, 0.1) is 21.4 Å². The van der Waals surface area contributed by atoms with Crippen LogP contribution in [-0.4, -0.2) is 4.92 Å². The number of halogens is 1. The van der Waals surface area contributed by atoms with Crippen LogP contribution in [0.4, 0.5) is 11.4 Å². The molecule has 100 valence electrons. The minimum Gasteiger partial charge on any atom is -0.380 e. The minimum atomic E-state index is -0.422. The molecule has 5 nitrogen and oxygen atoms in total. The SMILES string of the molecule is N#Cc1ccc(NCc2ccc([N+](=O)[O-])cc2)c(Br)c1. The predicted octanol–water partition coefficient (Wildman–Crippen LogP) is 3.84. The van der Waals surface area contributed by atoms with E-state index in [9.17, 15) is 10.1 Å². The summed E-state index contributed by atoms with van der Waals surface area (Å²) in [6, 6.07) is 13.7. The van der Waals surface area contributed by atoms with Crippen LogP contribution in [0.25, 0.3) is 0 Å². The molecule has 0 saturated carbocycles. The summed E-state index contributed by atoms with van der Waals surface area (Å²) in [6.07, 6.45) is 0. The molecule has 0 bridgehead atoms. The second-order valence-corrected chi connectivity index (χ2v) is 4.94. The molecule has 0 radical (unpaired) electrons. The molecule has 0 fully saturated rings.